The molecule has 0 radical (unpaired) electrons. The number of hydrogen-bond donors (Lipinski definition) is 1. The summed E-state index contributed by atoms with van der Waals surface area (Å²) in [7, 11) is 0. The highest BCUT2D eigenvalue weighted by atomic mass is 127. The van der Waals surface area contributed by atoms with E-state index in [-0.39, 0.29) is 9.13 Å². The summed E-state index contributed by atoms with van der Waals surface area (Å²) in [5.74, 6) is -1.20. The highest BCUT2D eigenvalue weighted by molar-refractivity contribution is 14.2. The number of carboxylic acids is 1. The lowest BCUT2D eigenvalue weighted by Gasteiger charge is -2.01. The Hall–Kier alpha value is 0.480. The quantitative estimate of drug-likeness (QED) is 0.471. The Morgan fingerprint density at radius 3 is 2.29 bits per heavy atom. The molecule has 0 aliphatic heterocycles. The van der Waals surface area contributed by atoms with Crippen LogP contribution in [-0.4, -0.2) is 11.1 Å². The maximum atomic E-state index is 10.9. The van der Waals surface area contributed by atoms with Gasteiger partial charge < -0.3 is 5.11 Å². The minimum Gasteiger partial charge on any atom is -0.478 e. The van der Waals surface area contributed by atoms with E-state index in [2.05, 4.69) is 0 Å². The van der Waals surface area contributed by atoms with Crippen LogP contribution in [0.3, 0.4) is 0 Å². The van der Waals surface area contributed by atoms with Crippen molar-refractivity contribution in [1.29, 1.82) is 0 Å². The maximum absolute atomic E-state index is 10.9. The van der Waals surface area contributed by atoms with Gasteiger partial charge in [0.2, 0.25) is 0 Å². The van der Waals surface area contributed by atoms with Gasteiger partial charge in [0.1, 0.15) is 3.57 Å². The number of carbonyl (C=O) groups is 1. The predicted octanol–water partition coefficient (Wildman–Crippen LogP) is 2.96. The number of halogens is 3. The van der Waals surface area contributed by atoms with Crippen LogP contribution in [0.4, 0.5) is 0 Å². The highest BCUT2D eigenvalue weighted by Gasteiger charge is 2.18. The van der Waals surface area contributed by atoms with Crippen LogP contribution in [0.5, 0.6) is 0 Å². The van der Waals surface area contributed by atoms with E-state index in [0.29, 0.717) is 7.14 Å². The van der Waals surface area contributed by atoms with Crippen molar-refractivity contribution in [3.05, 3.63) is 28.4 Å². The van der Waals surface area contributed by atoms with Crippen molar-refractivity contribution in [2.75, 3.05) is 0 Å². The average molecular weight is 532 g/mol. The molecule has 0 atom stereocenters. The first-order valence-corrected chi connectivity index (χ1v) is 8.21. The summed E-state index contributed by atoms with van der Waals surface area (Å²) in [6, 6.07) is 3.00. The van der Waals surface area contributed by atoms with Crippen LogP contribution in [0.1, 0.15) is 10.4 Å². The van der Waals surface area contributed by atoms with Crippen LogP contribution in [-0.2, 0) is 6.14 Å². The molecule has 0 unspecified atom stereocenters. The standard InChI is InChI=1S/C7H3I3O4/c8-3-1-4(7(11)12)6(10(13)14)5(9)2-3/h1-2H,(H,11,12). The summed E-state index contributed by atoms with van der Waals surface area (Å²) >= 11 is 0.0365. The SMILES string of the molecule is O=C(O)c1cc(I)cc(I)c1I(=O)=O. The number of benzene rings is 1. The first-order chi connectivity index (χ1) is 6.43. The van der Waals surface area contributed by atoms with E-state index in [0.717, 1.165) is 0 Å². The molecule has 1 aromatic carbocycles. The summed E-state index contributed by atoms with van der Waals surface area (Å²) in [4.78, 5) is 10.8. The third kappa shape index (κ3) is 2.74. The van der Waals surface area contributed by atoms with Gasteiger partial charge in [0.15, 0.2) is 0 Å². The smallest absolute Gasteiger partial charge is 0.342 e. The molecule has 0 aromatic heterocycles. The largest absolute Gasteiger partial charge is 0.478 e. The van der Waals surface area contributed by atoms with Gasteiger partial charge in [-0.05, 0) is 57.3 Å². The molecule has 4 nitrogen and oxygen atoms in total. The normalized spacial score (nSPS) is 10.5. The Balaban J connectivity index is 3.60. The second-order valence-electron chi connectivity index (χ2n) is 2.27. The molecule has 0 heterocycles. The molecule has 0 bridgehead atoms. The number of aromatic carboxylic acids is 1. The molecular weight excluding hydrogens is 529 g/mol. The van der Waals surface area contributed by atoms with Gasteiger partial charge in [-0.3, -0.25) is 0 Å². The van der Waals surface area contributed by atoms with Crippen molar-refractivity contribution in [2.45, 2.75) is 0 Å². The molecule has 1 aromatic rings. The van der Waals surface area contributed by atoms with Crippen molar-refractivity contribution >= 4 is 70.9 Å². The Labute approximate surface area is 114 Å². The zero-order valence-corrected chi connectivity index (χ0v) is 12.9. The molecule has 0 saturated heterocycles. The van der Waals surface area contributed by atoms with Crippen molar-refractivity contribution in [2.24, 2.45) is 0 Å². The minimum atomic E-state index is -3.74. The van der Waals surface area contributed by atoms with Crippen LogP contribution in [0, 0.1) is 10.7 Å². The van der Waals surface area contributed by atoms with Crippen molar-refractivity contribution < 1.29 is 16.0 Å². The molecule has 14 heavy (non-hydrogen) atoms. The zero-order valence-electron chi connectivity index (χ0n) is 6.46. The molecular formula is C7H3I3O4. The van der Waals surface area contributed by atoms with Gasteiger partial charge in [-0.1, -0.05) is 0 Å². The second-order valence-corrected chi connectivity index (χ2v) is 7.00. The van der Waals surface area contributed by atoms with E-state index in [1.807, 2.05) is 45.2 Å². The Kier molecular flexibility index (Phi) is 4.49. The van der Waals surface area contributed by atoms with Crippen molar-refractivity contribution in [3.63, 3.8) is 0 Å². The summed E-state index contributed by atoms with van der Waals surface area (Å²) in [5, 5.41) is 8.80. The van der Waals surface area contributed by atoms with Crippen LogP contribution >= 0.6 is 65.0 Å². The van der Waals surface area contributed by atoms with E-state index < -0.39 is 25.8 Å². The lowest BCUT2D eigenvalue weighted by molar-refractivity contribution is 0.0695. The van der Waals surface area contributed by atoms with E-state index in [9.17, 15) is 10.9 Å². The Morgan fingerprint density at radius 2 is 1.86 bits per heavy atom. The van der Waals surface area contributed by atoms with Gasteiger partial charge in [0, 0.05) is 7.14 Å². The molecule has 0 saturated carbocycles. The molecule has 0 fully saturated rings. The fraction of sp³-hybridized carbons (Fsp3) is 0. The third-order valence-corrected chi connectivity index (χ3v) is 5.93. The second kappa shape index (κ2) is 5.01. The van der Waals surface area contributed by atoms with E-state index >= 15 is 0 Å². The number of hydrogen-bond acceptors (Lipinski definition) is 3. The molecule has 0 spiro atoms. The van der Waals surface area contributed by atoms with Gasteiger partial charge in [0.25, 0.3) is 0 Å². The van der Waals surface area contributed by atoms with Gasteiger partial charge in [-0.25, -0.2) is 10.9 Å². The van der Waals surface area contributed by atoms with Crippen LogP contribution in [0.15, 0.2) is 12.1 Å². The molecule has 0 amide bonds. The van der Waals surface area contributed by atoms with E-state index in [4.69, 9.17) is 5.11 Å². The fourth-order valence-corrected chi connectivity index (χ4v) is 5.27. The van der Waals surface area contributed by atoms with Gasteiger partial charge >= 0.3 is 25.8 Å². The number of rotatable bonds is 2. The lowest BCUT2D eigenvalue weighted by atomic mass is 10.2. The topological polar surface area (TPSA) is 71.4 Å². The third-order valence-electron chi connectivity index (χ3n) is 1.38. The van der Waals surface area contributed by atoms with Crippen molar-refractivity contribution in [3.8, 4) is 0 Å². The summed E-state index contributed by atoms with van der Waals surface area (Å²) in [5.41, 5.74) is -0.128. The van der Waals surface area contributed by atoms with Gasteiger partial charge in [-0.2, -0.15) is 0 Å². The molecule has 0 aliphatic rings. The average Bonchev–Trinajstić information content (AvgIpc) is 2.01. The van der Waals surface area contributed by atoms with E-state index in [1.54, 1.807) is 6.07 Å². The summed E-state index contributed by atoms with van der Waals surface area (Å²) in [6.07, 6.45) is 0. The molecule has 1 rings (SSSR count). The number of carboxylic acid groups (broad SMARTS) is 1. The fourth-order valence-electron chi connectivity index (χ4n) is 0.868. The Bertz CT molecular complexity index is 456. The first kappa shape index (κ1) is 12.5. The summed E-state index contributed by atoms with van der Waals surface area (Å²) in [6.45, 7) is 0. The molecule has 0 aliphatic carbocycles. The monoisotopic (exact) mass is 532 g/mol. The van der Waals surface area contributed by atoms with E-state index in [1.165, 1.54) is 6.07 Å². The van der Waals surface area contributed by atoms with Crippen LogP contribution < -0.4 is 0 Å². The molecule has 1 N–H and O–H groups in total. The van der Waals surface area contributed by atoms with Crippen LogP contribution in [0.25, 0.3) is 0 Å². The van der Waals surface area contributed by atoms with Gasteiger partial charge in [0.05, 0.1) is 5.56 Å². The highest BCUT2D eigenvalue weighted by Crippen LogP contribution is 2.29. The van der Waals surface area contributed by atoms with Crippen LogP contribution in [0.2, 0.25) is 0 Å². The molecule has 7 heteroatoms. The predicted molar refractivity (Wildman–Crippen MR) is 72.9 cm³/mol. The first-order valence-electron chi connectivity index (χ1n) is 3.21. The zero-order chi connectivity index (χ0) is 10.9. The minimum absolute atomic E-state index is 0.0253. The summed E-state index contributed by atoms with van der Waals surface area (Å²) < 4.78 is 23.0. The van der Waals surface area contributed by atoms with Gasteiger partial charge in [-0.15, -0.1) is 0 Å². The molecule has 76 valence electrons. The van der Waals surface area contributed by atoms with Crippen molar-refractivity contribution in [1.82, 2.24) is 0 Å². The Morgan fingerprint density at radius 1 is 1.29 bits per heavy atom. The lowest BCUT2D eigenvalue weighted by Crippen LogP contribution is -2.02. The maximum Gasteiger partial charge on any atom is 0.342 e.